The van der Waals surface area contributed by atoms with Crippen LogP contribution in [0.4, 0.5) is 11.4 Å². The third-order valence-electron chi connectivity index (χ3n) is 4.08. The normalized spacial score (nSPS) is 11.0. The van der Waals surface area contributed by atoms with E-state index in [2.05, 4.69) is 5.32 Å². The highest BCUT2D eigenvalue weighted by molar-refractivity contribution is 6.30. The van der Waals surface area contributed by atoms with E-state index in [1.165, 1.54) is 18.2 Å². The zero-order chi connectivity index (χ0) is 21.0. The van der Waals surface area contributed by atoms with Crippen molar-refractivity contribution < 1.29 is 14.1 Å². The van der Waals surface area contributed by atoms with E-state index in [0.29, 0.717) is 22.0 Å². The Hall–Kier alpha value is -3.89. The number of non-ortho nitro benzene ring substituents is 1. The number of halogens is 1. The van der Waals surface area contributed by atoms with Gasteiger partial charge in [0.05, 0.1) is 4.92 Å². The highest BCUT2D eigenvalue weighted by Crippen LogP contribution is 2.29. The van der Waals surface area contributed by atoms with Crippen molar-refractivity contribution in [3.63, 3.8) is 0 Å². The first-order valence-electron chi connectivity index (χ1n) is 8.41. The third-order valence-corrected chi connectivity index (χ3v) is 4.33. The van der Waals surface area contributed by atoms with Crippen LogP contribution in [0, 0.1) is 28.4 Å². The molecule has 3 rings (SSSR count). The van der Waals surface area contributed by atoms with E-state index in [4.69, 9.17) is 16.0 Å². The molecule has 29 heavy (non-hydrogen) atoms. The summed E-state index contributed by atoms with van der Waals surface area (Å²) in [4.78, 5) is 22.9. The maximum atomic E-state index is 12.3. The molecule has 0 atom stereocenters. The molecule has 8 heteroatoms. The van der Waals surface area contributed by atoms with Crippen molar-refractivity contribution in [1.29, 1.82) is 5.26 Å². The number of amides is 1. The van der Waals surface area contributed by atoms with Gasteiger partial charge in [0.1, 0.15) is 23.2 Å². The SMILES string of the molecule is Cc1ccc([N+](=O)[O-])cc1-c1ccc(/C=C(\C#N)C(=O)Nc2ccc(Cl)cc2)o1. The van der Waals surface area contributed by atoms with Crippen molar-refractivity contribution in [3.8, 4) is 17.4 Å². The summed E-state index contributed by atoms with van der Waals surface area (Å²) in [5.41, 5.74) is 1.63. The number of nitrogens with zero attached hydrogens (tertiary/aromatic N) is 2. The molecule has 0 saturated carbocycles. The van der Waals surface area contributed by atoms with Crippen LogP contribution in [0.2, 0.25) is 5.02 Å². The molecule has 7 nitrogen and oxygen atoms in total. The van der Waals surface area contributed by atoms with Crippen molar-refractivity contribution in [1.82, 2.24) is 0 Å². The van der Waals surface area contributed by atoms with E-state index in [9.17, 15) is 20.2 Å². The molecule has 1 N–H and O–H groups in total. The number of nitro benzene ring substituents is 1. The van der Waals surface area contributed by atoms with Crippen molar-refractivity contribution in [2.24, 2.45) is 0 Å². The fraction of sp³-hybridized carbons (Fsp3) is 0.0476. The number of hydrogen-bond donors (Lipinski definition) is 1. The minimum atomic E-state index is -0.598. The topological polar surface area (TPSA) is 109 Å². The van der Waals surface area contributed by atoms with E-state index in [-0.39, 0.29) is 17.0 Å². The second-order valence-corrected chi connectivity index (χ2v) is 6.53. The van der Waals surface area contributed by atoms with Crippen molar-refractivity contribution in [2.75, 3.05) is 5.32 Å². The molecule has 2 aromatic carbocycles. The molecule has 144 valence electrons. The second-order valence-electron chi connectivity index (χ2n) is 6.09. The quantitative estimate of drug-likeness (QED) is 0.265. The van der Waals surface area contributed by atoms with Gasteiger partial charge in [-0.25, -0.2) is 0 Å². The maximum absolute atomic E-state index is 12.3. The minimum absolute atomic E-state index is 0.0563. The summed E-state index contributed by atoms with van der Waals surface area (Å²) in [6.07, 6.45) is 1.31. The molecule has 0 unspecified atom stereocenters. The average Bonchev–Trinajstić information content (AvgIpc) is 3.16. The van der Waals surface area contributed by atoms with Gasteiger partial charge in [0, 0.05) is 34.5 Å². The van der Waals surface area contributed by atoms with Crippen molar-refractivity contribution >= 4 is 35.0 Å². The molecule has 0 saturated heterocycles. The molecule has 0 radical (unpaired) electrons. The number of nitrogens with one attached hydrogen (secondary N) is 1. The number of benzene rings is 2. The Morgan fingerprint density at radius 2 is 1.93 bits per heavy atom. The standard InChI is InChI=1S/C21H14ClN3O4/c1-13-2-7-17(25(27)28)11-19(13)20-9-8-18(29-20)10-14(12-23)21(26)24-16-5-3-15(22)4-6-16/h2-11H,1H3,(H,24,26)/b14-10+. The number of anilines is 1. The first-order chi connectivity index (χ1) is 13.9. The largest absolute Gasteiger partial charge is 0.457 e. The summed E-state index contributed by atoms with van der Waals surface area (Å²) in [6.45, 7) is 1.80. The number of nitro groups is 1. The van der Waals surface area contributed by atoms with Crippen LogP contribution in [0.15, 0.2) is 64.6 Å². The Morgan fingerprint density at radius 1 is 1.21 bits per heavy atom. The lowest BCUT2D eigenvalue weighted by molar-refractivity contribution is -0.384. The van der Waals surface area contributed by atoms with Gasteiger partial charge in [-0.3, -0.25) is 14.9 Å². The van der Waals surface area contributed by atoms with Gasteiger partial charge < -0.3 is 9.73 Å². The summed E-state index contributed by atoms with van der Waals surface area (Å²) in [7, 11) is 0. The molecule has 0 fully saturated rings. The van der Waals surface area contributed by atoms with E-state index in [0.717, 1.165) is 5.56 Å². The van der Waals surface area contributed by atoms with Crippen LogP contribution in [-0.4, -0.2) is 10.8 Å². The molecule has 3 aromatic rings. The first-order valence-corrected chi connectivity index (χ1v) is 8.79. The van der Waals surface area contributed by atoms with E-state index < -0.39 is 10.8 Å². The van der Waals surface area contributed by atoms with Crippen LogP contribution in [0.5, 0.6) is 0 Å². The molecule has 1 aromatic heterocycles. The maximum Gasteiger partial charge on any atom is 0.270 e. The molecule has 1 heterocycles. The van der Waals surface area contributed by atoms with E-state index in [1.54, 1.807) is 49.4 Å². The Labute approximate surface area is 171 Å². The fourth-order valence-corrected chi connectivity index (χ4v) is 2.71. The number of furan rings is 1. The van der Waals surface area contributed by atoms with Gasteiger partial charge in [0.15, 0.2) is 0 Å². The van der Waals surface area contributed by atoms with Crippen molar-refractivity contribution in [2.45, 2.75) is 6.92 Å². The predicted octanol–water partition coefficient (Wildman–Crippen LogP) is 5.36. The highest BCUT2D eigenvalue weighted by Gasteiger charge is 2.15. The van der Waals surface area contributed by atoms with Gasteiger partial charge in [0.25, 0.3) is 11.6 Å². The number of hydrogen-bond acceptors (Lipinski definition) is 5. The lowest BCUT2D eigenvalue weighted by atomic mass is 10.1. The van der Waals surface area contributed by atoms with Gasteiger partial charge in [-0.15, -0.1) is 0 Å². The predicted molar refractivity (Wildman–Crippen MR) is 109 cm³/mol. The molecule has 0 aliphatic carbocycles. The third kappa shape index (κ3) is 4.69. The highest BCUT2D eigenvalue weighted by atomic mass is 35.5. The van der Waals surface area contributed by atoms with Crippen LogP contribution in [0.25, 0.3) is 17.4 Å². The Kier molecular flexibility index (Phi) is 5.77. The van der Waals surface area contributed by atoms with Crippen LogP contribution < -0.4 is 5.32 Å². The Bertz CT molecular complexity index is 1160. The molecule has 0 spiro atoms. The van der Waals surface area contributed by atoms with Gasteiger partial charge in [0.2, 0.25) is 0 Å². The summed E-state index contributed by atoms with van der Waals surface area (Å²) in [5.74, 6) is 0.0702. The van der Waals surface area contributed by atoms with Crippen LogP contribution in [0.3, 0.4) is 0 Å². The zero-order valence-electron chi connectivity index (χ0n) is 15.2. The van der Waals surface area contributed by atoms with Crippen molar-refractivity contribution in [3.05, 3.63) is 86.6 Å². The van der Waals surface area contributed by atoms with E-state index >= 15 is 0 Å². The van der Waals surface area contributed by atoms with Gasteiger partial charge in [-0.1, -0.05) is 17.7 Å². The number of carbonyl (C=O) groups is 1. The summed E-state index contributed by atoms with van der Waals surface area (Å²) < 4.78 is 5.69. The van der Waals surface area contributed by atoms with Crippen LogP contribution in [-0.2, 0) is 4.79 Å². The Morgan fingerprint density at radius 3 is 2.59 bits per heavy atom. The molecule has 0 bridgehead atoms. The first kappa shape index (κ1) is 19.9. The molecule has 1 amide bonds. The monoisotopic (exact) mass is 407 g/mol. The van der Waals surface area contributed by atoms with Gasteiger partial charge in [-0.2, -0.15) is 5.26 Å². The molecular weight excluding hydrogens is 394 g/mol. The average molecular weight is 408 g/mol. The minimum Gasteiger partial charge on any atom is -0.457 e. The summed E-state index contributed by atoms with van der Waals surface area (Å²) in [5, 5.41) is 23.5. The summed E-state index contributed by atoms with van der Waals surface area (Å²) in [6, 6.07) is 16.0. The van der Waals surface area contributed by atoms with E-state index in [1.807, 2.05) is 6.07 Å². The van der Waals surface area contributed by atoms with Gasteiger partial charge >= 0.3 is 0 Å². The van der Waals surface area contributed by atoms with Gasteiger partial charge in [-0.05, 0) is 48.9 Å². The lowest BCUT2D eigenvalue weighted by Gasteiger charge is -2.04. The summed E-state index contributed by atoms with van der Waals surface area (Å²) >= 11 is 5.81. The Balaban J connectivity index is 1.85. The molecule has 0 aliphatic heterocycles. The number of rotatable bonds is 5. The second kappa shape index (κ2) is 8.42. The van der Waals surface area contributed by atoms with Crippen LogP contribution in [0.1, 0.15) is 11.3 Å². The smallest absolute Gasteiger partial charge is 0.270 e. The number of aryl methyl sites for hydroxylation is 1. The molecular formula is C21H14ClN3O4. The molecule has 0 aliphatic rings. The number of nitriles is 1. The lowest BCUT2D eigenvalue weighted by Crippen LogP contribution is -2.13. The fourth-order valence-electron chi connectivity index (χ4n) is 2.59. The van der Waals surface area contributed by atoms with Crippen LogP contribution >= 0.6 is 11.6 Å². The zero-order valence-corrected chi connectivity index (χ0v) is 15.9. The number of carbonyl (C=O) groups excluding carboxylic acids is 1.